The summed E-state index contributed by atoms with van der Waals surface area (Å²) in [6.07, 6.45) is 1.60. The summed E-state index contributed by atoms with van der Waals surface area (Å²) in [5, 5.41) is 6.58. The van der Waals surface area contributed by atoms with E-state index >= 15 is 0 Å². The first-order chi connectivity index (χ1) is 11.6. The summed E-state index contributed by atoms with van der Waals surface area (Å²) in [5.74, 6) is -0.356. The van der Waals surface area contributed by atoms with Crippen molar-refractivity contribution in [3.8, 4) is 0 Å². The van der Waals surface area contributed by atoms with Gasteiger partial charge >= 0.3 is 0 Å². The number of hydrogen-bond donors (Lipinski definition) is 2. The van der Waals surface area contributed by atoms with Gasteiger partial charge in [0, 0.05) is 5.69 Å². The molecule has 0 aliphatic heterocycles. The Morgan fingerprint density at radius 2 is 1.67 bits per heavy atom. The van der Waals surface area contributed by atoms with Crippen LogP contribution in [-0.4, -0.2) is 10.9 Å². The first kappa shape index (κ1) is 16.3. The molecule has 1 aromatic heterocycles. The van der Waals surface area contributed by atoms with Gasteiger partial charge in [-0.05, 0) is 36.4 Å². The van der Waals surface area contributed by atoms with Crippen LogP contribution in [0.4, 0.5) is 17.1 Å². The predicted octanol–water partition coefficient (Wildman–Crippen LogP) is 5.38. The molecule has 120 valence electrons. The molecular formula is C18H13Cl2N3O. The van der Waals surface area contributed by atoms with Crippen molar-refractivity contribution in [2.45, 2.75) is 0 Å². The minimum atomic E-state index is -0.356. The molecule has 0 atom stereocenters. The van der Waals surface area contributed by atoms with Gasteiger partial charge in [-0.3, -0.25) is 4.79 Å². The fraction of sp³-hybridized carbons (Fsp3) is 0. The average Bonchev–Trinajstić information content (AvgIpc) is 2.60. The summed E-state index contributed by atoms with van der Waals surface area (Å²) < 4.78 is 0. The van der Waals surface area contributed by atoms with Crippen LogP contribution in [0.3, 0.4) is 0 Å². The minimum absolute atomic E-state index is 0.282. The normalized spacial score (nSPS) is 10.2. The molecule has 2 N–H and O–H groups in total. The Labute approximate surface area is 149 Å². The SMILES string of the molecule is O=C(Nc1cccc(Cl)c1Cl)c1ccc(Nc2ccccc2)cn1. The number of halogens is 2. The Morgan fingerprint density at radius 1 is 0.875 bits per heavy atom. The fourth-order valence-electron chi connectivity index (χ4n) is 2.08. The summed E-state index contributed by atoms with van der Waals surface area (Å²) in [7, 11) is 0. The maximum Gasteiger partial charge on any atom is 0.274 e. The number of amides is 1. The molecule has 2 aromatic carbocycles. The van der Waals surface area contributed by atoms with E-state index in [2.05, 4.69) is 15.6 Å². The van der Waals surface area contributed by atoms with Crippen LogP contribution in [0.5, 0.6) is 0 Å². The maximum atomic E-state index is 12.3. The molecule has 1 amide bonds. The van der Waals surface area contributed by atoms with Crippen molar-refractivity contribution in [1.82, 2.24) is 4.98 Å². The van der Waals surface area contributed by atoms with Crippen LogP contribution in [0, 0.1) is 0 Å². The zero-order valence-electron chi connectivity index (χ0n) is 12.5. The Morgan fingerprint density at radius 3 is 2.38 bits per heavy atom. The number of anilines is 3. The number of benzene rings is 2. The van der Waals surface area contributed by atoms with Gasteiger partial charge in [-0.25, -0.2) is 4.98 Å². The molecule has 6 heteroatoms. The highest BCUT2D eigenvalue weighted by Gasteiger charge is 2.11. The van der Waals surface area contributed by atoms with Crippen LogP contribution in [-0.2, 0) is 0 Å². The third-order valence-electron chi connectivity index (χ3n) is 3.26. The zero-order chi connectivity index (χ0) is 16.9. The van der Waals surface area contributed by atoms with Crippen molar-refractivity contribution in [2.75, 3.05) is 10.6 Å². The van der Waals surface area contributed by atoms with Crippen molar-refractivity contribution in [1.29, 1.82) is 0 Å². The largest absolute Gasteiger partial charge is 0.354 e. The lowest BCUT2D eigenvalue weighted by atomic mass is 10.2. The van der Waals surface area contributed by atoms with Gasteiger partial charge in [0.25, 0.3) is 5.91 Å². The highest BCUT2D eigenvalue weighted by molar-refractivity contribution is 6.44. The Kier molecular flexibility index (Phi) is 4.99. The number of pyridine rings is 1. The van der Waals surface area contributed by atoms with Gasteiger partial charge in [-0.15, -0.1) is 0 Å². The number of nitrogens with zero attached hydrogens (tertiary/aromatic N) is 1. The lowest BCUT2D eigenvalue weighted by Gasteiger charge is -2.09. The zero-order valence-corrected chi connectivity index (χ0v) is 14.0. The molecule has 4 nitrogen and oxygen atoms in total. The van der Waals surface area contributed by atoms with E-state index in [-0.39, 0.29) is 11.6 Å². The summed E-state index contributed by atoms with van der Waals surface area (Å²) in [5.41, 5.74) is 2.47. The van der Waals surface area contributed by atoms with Crippen molar-refractivity contribution in [3.05, 3.63) is 82.6 Å². The molecule has 0 bridgehead atoms. The van der Waals surface area contributed by atoms with E-state index in [4.69, 9.17) is 23.2 Å². The van der Waals surface area contributed by atoms with Crippen molar-refractivity contribution in [3.63, 3.8) is 0 Å². The second-order valence-corrected chi connectivity index (χ2v) is 5.76. The lowest BCUT2D eigenvalue weighted by Crippen LogP contribution is -2.14. The molecule has 3 aromatic rings. The van der Waals surface area contributed by atoms with E-state index in [9.17, 15) is 4.79 Å². The van der Waals surface area contributed by atoms with E-state index in [0.29, 0.717) is 15.7 Å². The van der Waals surface area contributed by atoms with Crippen LogP contribution < -0.4 is 10.6 Å². The molecule has 0 aliphatic carbocycles. The average molecular weight is 358 g/mol. The molecule has 0 saturated carbocycles. The lowest BCUT2D eigenvalue weighted by molar-refractivity contribution is 0.102. The van der Waals surface area contributed by atoms with Crippen LogP contribution in [0.2, 0.25) is 10.0 Å². The third-order valence-corrected chi connectivity index (χ3v) is 4.08. The second-order valence-electron chi connectivity index (χ2n) is 4.98. The molecular weight excluding hydrogens is 345 g/mol. The van der Waals surface area contributed by atoms with Crippen molar-refractivity contribution >= 4 is 46.2 Å². The molecule has 24 heavy (non-hydrogen) atoms. The maximum absolute atomic E-state index is 12.3. The summed E-state index contributed by atoms with van der Waals surface area (Å²) >= 11 is 12.0. The van der Waals surface area contributed by atoms with Crippen LogP contribution >= 0.6 is 23.2 Å². The van der Waals surface area contributed by atoms with Gasteiger partial charge in [-0.1, -0.05) is 47.5 Å². The van der Waals surface area contributed by atoms with Crippen LogP contribution in [0.25, 0.3) is 0 Å². The standard InChI is InChI=1S/C18H13Cl2N3O/c19-14-7-4-8-15(17(14)20)23-18(24)16-10-9-13(11-21-16)22-12-5-2-1-3-6-12/h1-11,22H,(H,23,24). The number of rotatable bonds is 4. The van der Waals surface area contributed by atoms with Gasteiger partial charge in [0.1, 0.15) is 5.69 Å². The fourth-order valence-corrected chi connectivity index (χ4v) is 2.42. The van der Waals surface area contributed by atoms with E-state index in [1.54, 1.807) is 36.5 Å². The predicted molar refractivity (Wildman–Crippen MR) is 98.4 cm³/mol. The summed E-state index contributed by atoms with van der Waals surface area (Å²) in [6, 6.07) is 18.2. The Bertz CT molecular complexity index is 852. The quantitative estimate of drug-likeness (QED) is 0.658. The van der Waals surface area contributed by atoms with Gasteiger partial charge in [0.2, 0.25) is 0 Å². The summed E-state index contributed by atoms with van der Waals surface area (Å²) in [4.78, 5) is 16.4. The number of aromatic nitrogens is 1. The smallest absolute Gasteiger partial charge is 0.274 e. The van der Waals surface area contributed by atoms with E-state index in [1.807, 2.05) is 30.3 Å². The number of para-hydroxylation sites is 1. The third kappa shape index (κ3) is 3.85. The first-order valence-corrected chi connectivity index (χ1v) is 7.92. The van der Waals surface area contributed by atoms with Crippen molar-refractivity contribution in [2.24, 2.45) is 0 Å². The highest BCUT2D eigenvalue weighted by atomic mass is 35.5. The van der Waals surface area contributed by atoms with E-state index in [0.717, 1.165) is 11.4 Å². The molecule has 0 saturated heterocycles. The molecule has 0 radical (unpaired) electrons. The van der Waals surface area contributed by atoms with Crippen LogP contribution in [0.15, 0.2) is 66.9 Å². The first-order valence-electron chi connectivity index (χ1n) is 7.17. The van der Waals surface area contributed by atoms with Crippen molar-refractivity contribution < 1.29 is 4.79 Å². The Balaban J connectivity index is 1.71. The molecule has 0 aliphatic rings. The topological polar surface area (TPSA) is 54.0 Å². The molecule has 3 rings (SSSR count). The minimum Gasteiger partial charge on any atom is -0.354 e. The highest BCUT2D eigenvalue weighted by Crippen LogP contribution is 2.29. The van der Waals surface area contributed by atoms with Crippen LogP contribution in [0.1, 0.15) is 10.5 Å². The van der Waals surface area contributed by atoms with Gasteiger partial charge < -0.3 is 10.6 Å². The van der Waals surface area contributed by atoms with E-state index in [1.165, 1.54) is 0 Å². The molecule has 0 fully saturated rings. The molecule has 1 heterocycles. The van der Waals surface area contributed by atoms with Gasteiger partial charge in [0.05, 0.1) is 27.6 Å². The molecule has 0 spiro atoms. The van der Waals surface area contributed by atoms with Gasteiger partial charge in [-0.2, -0.15) is 0 Å². The Hall–Kier alpha value is -2.56. The van der Waals surface area contributed by atoms with Gasteiger partial charge in [0.15, 0.2) is 0 Å². The number of carbonyl (C=O) groups excluding carboxylic acids is 1. The summed E-state index contributed by atoms with van der Waals surface area (Å²) in [6.45, 7) is 0. The second kappa shape index (κ2) is 7.34. The number of carbonyl (C=O) groups is 1. The monoisotopic (exact) mass is 357 g/mol. The van der Waals surface area contributed by atoms with E-state index < -0.39 is 0 Å². The number of nitrogens with one attached hydrogen (secondary N) is 2. The molecule has 0 unspecified atom stereocenters. The number of hydrogen-bond acceptors (Lipinski definition) is 3.